The molecule has 1 aromatic carbocycles. The van der Waals surface area contributed by atoms with Gasteiger partial charge in [0.05, 0.1) is 0 Å². The van der Waals surface area contributed by atoms with Gasteiger partial charge < -0.3 is 5.73 Å². The second kappa shape index (κ2) is 3.89. The Labute approximate surface area is 98.0 Å². The van der Waals surface area contributed by atoms with Crippen molar-refractivity contribution in [1.29, 1.82) is 0 Å². The first kappa shape index (κ1) is 10.3. The molecule has 86 valence electrons. The molecule has 1 nitrogen and oxygen atoms in total. The van der Waals surface area contributed by atoms with Crippen LogP contribution in [0.3, 0.4) is 0 Å². The van der Waals surface area contributed by atoms with Gasteiger partial charge in [-0.15, -0.1) is 0 Å². The van der Waals surface area contributed by atoms with Gasteiger partial charge >= 0.3 is 0 Å². The normalized spacial score (nSPS) is 42.2. The van der Waals surface area contributed by atoms with E-state index in [9.17, 15) is 0 Å². The maximum absolute atomic E-state index is 6.12. The lowest BCUT2D eigenvalue weighted by atomic mass is 9.89. The van der Waals surface area contributed by atoms with Gasteiger partial charge in [-0.05, 0) is 48.5 Å². The molecule has 2 aliphatic carbocycles. The predicted molar refractivity (Wildman–Crippen MR) is 67.2 cm³/mol. The van der Waals surface area contributed by atoms with Crippen LogP contribution >= 0.6 is 0 Å². The quantitative estimate of drug-likeness (QED) is 0.805. The summed E-state index contributed by atoms with van der Waals surface area (Å²) >= 11 is 0. The zero-order valence-electron chi connectivity index (χ0n) is 9.97. The summed E-state index contributed by atoms with van der Waals surface area (Å²) in [6.07, 6.45) is 3.99. The summed E-state index contributed by atoms with van der Waals surface area (Å²) in [4.78, 5) is 0. The van der Waals surface area contributed by atoms with Crippen molar-refractivity contribution < 1.29 is 0 Å². The molecule has 0 aromatic heterocycles. The average Bonchev–Trinajstić information content (AvgIpc) is 3.04. The van der Waals surface area contributed by atoms with Gasteiger partial charge in [-0.25, -0.2) is 0 Å². The number of benzene rings is 1. The number of hydrogen-bond acceptors (Lipinski definition) is 1. The van der Waals surface area contributed by atoms with E-state index in [0.717, 1.165) is 23.7 Å². The molecule has 0 aliphatic heterocycles. The van der Waals surface area contributed by atoms with Crippen LogP contribution in [0.1, 0.15) is 37.7 Å². The van der Waals surface area contributed by atoms with Crippen molar-refractivity contribution in [2.24, 2.45) is 23.5 Å². The van der Waals surface area contributed by atoms with Crippen LogP contribution in [0, 0.1) is 17.8 Å². The minimum Gasteiger partial charge on any atom is -0.327 e. The largest absolute Gasteiger partial charge is 0.327 e. The molecule has 1 aromatic rings. The van der Waals surface area contributed by atoms with E-state index >= 15 is 0 Å². The van der Waals surface area contributed by atoms with E-state index in [4.69, 9.17) is 5.73 Å². The Kier molecular flexibility index (Phi) is 2.51. The molecule has 0 bridgehead atoms. The third kappa shape index (κ3) is 1.67. The van der Waals surface area contributed by atoms with Gasteiger partial charge in [0.25, 0.3) is 0 Å². The minimum atomic E-state index is 0.460. The molecule has 0 saturated heterocycles. The zero-order chi connectivity index (χ0) is 11.1. The Morgan fingerprint density at radius 1 is 1.06 bits per heavy atom. The SMILES string of the molecule is CC1C(N)CCC1C1CC1c1ccccc1. The topological polar surface area (TPSA) is 26.0 Å². The molecule has 2 fully saturated rings. The monoisotopic (exact) mass is 215 g/mol. The highest BCUT2D eigenvalue weighted by Gasteiger charge is 2.48. The van der Waals surface area contributed by atoms with Gasteiger partial charge in [0, 0.05) is 6.04 Å². The van der Waals surface area contributed by atoms with Gasteiger partial charge in [-0.2, -0.15) is 0 Å². The van der Waals surface area contributed by atoms with E-state index in [2.05, 4.69) is 37.3 Å². The smallest absolute Gasteiger partial charge is 0.00673 e. The second-order valence-electron chi connectivity index (χ2n) is 5.68. The Hall–Kier alpha value is -0.820. The molecule has 2 aliphatic rings. The molecule has 5 atom stereocenters. The lowest BCUT2D eigenvalue weighted by Gasteiger charge is -2.18. The molecule has 0 spiro atoms. The first-order valence-corrected chi connectivity index (χ1v) is 6.58. The van der Waals surface area contributed by atoms with Crippen LogP contribution in [-0.2, 0) is 0 Å². The summed E-state index contributed by atoms with van der Waals surface area (Å²) in [6.45, 7) is 2.35. The average molecular weight is 215 g/mol. The van der Waals surface area contributed by atoms with Crippen molar-refractivity contribution >= 4 is 0 Å². The van der Waals surface area contributed by atoms with Crippen molar-refractivity contribution in [2.75, 3.05) is 0 Å². The summed E-state index contributed by atoms with van der Waals surface area (Å²) < 4.78 is 0. The Bertz CT molecular complexity index is 359. The molecule has 0 heterocycles. The van der Waals surface area contributed by atoms with E-state index in [1.54, 1.807) is 5.56 Å². The molecule has 0 radical (unpaired) electrons. The first-order chi connectivity index (χ1) is 7.77. The van der Waals surface area contributed by atoms with Crippen molar-refractivity contribution in [2.45, 2.75) is 38.1 Å². The summed E-state index contributed by atoms with van der Waals surface area (Å²) in [6, 6.07) is 11.5. The van der Waals surface area contributed by atoms with Crippen LogP contribution in [-0.4, -0.2) is 6.04 Å². The highest BCUT2D eigenvalue weighted by molar-refractivity contribution is 5.26. The molecular weight excluding hydrogens is 194 g/mol. The molecule has 2 saturated carbocycles. The van der Waals surface area contributed by atoms with Crippen molar-refractivity contribution in [3.8, 4) is 0 Å². The number of hydrogen-bond donors (Lipinski definition) is 1. The van der Waals surface area contributed by atoms with Gasteiger partial charge in [0.15, 0.2) is 0 Å². The summed E-state index contributed by atoms with van der Waals surface area (Å²) in [5, 5.41) is 0. The van der Waals surface area contributed by atoms with Crippen molar-refractivity contribution in [3.05, 3.63) is 35.9 Å². The third-order valence-electron chi connectivity index (χ3n) is 4.80. The van der Waals surface area contributed by atoms with Crippen LogP contribution in [0.25, 0.3) is 0 Å². The standard InChI is InChI=1S/C15H21N/c1-10-12(7-8-15(10)16)14-9-13(14)11-5-3-2-4-6-11/h2-6,10,12-15H,7-9,16H2,1H3. The van der Waals surface area contributed by atoms with E-state index in [1.807, 2.05) is 0 Å². The van der Waals surface area contributed by atoms with Crippen LogP contribution in [0.4, 0.5) is 0 Å². The van der Waals surface area contributed by atoms with Crippen molar-refractivity contribution in [3.63, 3.8) is 0 Å². The van der Waals surface area contributed by atoms with Crippen LogP contribution in [0.2, 0.25) is 0 Å². The molecule has 5 unspecified atom stereocenters. The molecule has 1 heteroatoms. The van der Waals surface area contributed by atoms with Crippen LogP contribution < -0.4 is 5.73 Å². The molecule has 2 N–H and O–H groups in total. The fourth-order valence-electron chi connectivity index (χ4n) is 3.60. The van der Waals surface area contributed by atoms with Gasteiger partial charge in [-0.1, -0.05) is 37.3 Å². The second-order valence-corrected chi connectivity index (χ2v) is 5.68. The Balaban J connectivity index is 1.68. The third-order valence-corrected chi connectivity index (χ3v) is 4.80. The number of rotatable bonds is 2. The van der Waals surface area contributed by atoms with E-state index in [-0.39, 0.29) is 0 Å². The van der Waals surface area contributed by atoms with E-state index in [0.29, 0.717) is 6.04 Å². The number of nitrogens with two attached hydrogens (primary N) is 1. The maximum atomic E-state index is 6.12. The van der Waals surface area contributed by atoms with E-state index < -0.39 is 0 Å². The fraction of sp³-hybridized carbons (Fsp3) is 0.600. The molecule has 0 amide bonds. The minimum absolute atomic E-state index is 0.460. The summed E-state index contributed by atoms with van der Waals surface area (Å²) in [5.41, 5.74) is 7.66. The van der Waals surface area contributed by atoms with Gasteiger partial charge in [0.2, 0.25) is 0 Å². The Morgan fingerprint density at radius 3 is 2.44 bits per heavy atom. The highest BCUT2D eigenvalue weighted by atomic mass is 14.7. The van der Waals surface area contributed by atoms with Gasteiger partial charge in [0.1, 0.15) is 0 Å². The van der Waals surface area contributed by atoms with Crippen molar-refractivity contribution in [1.82, 2.24) is 0 Å². The van der Waals surface area contributed by atoms with Crippen LogP contribution in [0.15, 0.2) is 30.3 Å². The van der Waals surface area contributed by atoms with Gasteiger partial charge in [-0.3, -0.25) is 0 Å². The highest BCUT2D eigenvalue weighted by Crippen LogP contribution is 2.57. The fourth-order valence-corrected chi connectivity index (χ4v) is 3.60. The lowest BCUT2D eigenvalue weighted by Crippen LogP contribution is -2.25. The Morgan fingerprint density at radius 2 is 1.81 bits per heavy atom. The molecule has 3 rings (SSSR count). The predicted octanol–water partition coefficient (Wildman–Crippen LogP) is 3.16. The molecular formula is C15H21N. The summed E-state index contributed by atoms with van der Waals surface area (Å²) in [7, 11) is 0. The summed E-state index contributed by atoms with van der Waals surface area (Å²) in [5.74, 6) is 3.38. The van der Waals surface area contributed by atoms with E-state index in [1.165, 1.54) is 19.3 Å². The maximum Gasteiger partial charge on any atom is 0.00673 e. The van der Waals surface area contributed by atoms with Crippen LogP contribution in [0.5, 0.6) is 0 Å². The lowest BCUT2D eigenvalue weighted by molar-refractivity contribution is 0.346. The first-order valence-electron chi connectivity index (χ1n) is 6.58. The molecule has 16 heavy (non-hydrogen) atoms. The zero-order valence-corrected chi connectivity index (χ0v) is 9.97.